The van der Waals surface area contributed by atoms with Gasteiger partial charge in [0.1, 0.15) is 6.10 Å². The van der Waals surface area contributed by atoms with Crippen molar-refractivity contribution in [2.45, 2.75) is 19.6 Å². The summed E-state index contributed by atoms with van der Waals surface area (Å²) in [7, 11) is 0. The fourth-order valence-electron chi connectivity index (χ4n) is 2.03. The average Bonchev–Trinajstić information content (AvgIpc) is 2.82. The zero-order valence-electron chi connectivity index (χ0n) is 10.0. The molecule has 1 amide bonds. The molecule has 0 radical (unpaired) electrons. The minimum absolute atomic E-state index is 0.153. The quantitative estimate of drug-likeness (QED) is 0.866. The Morgan fingerprint density at radius 1 is 1.47 bits per heavy atom. The molecule has 1 aromatic rings. The van der Waals surface area contributed by atoms with Gasteiger partial charge in [-0.05, 0) is 29.3 Å². The van der Waals surface area contributed by atoms with Crippen LogP contribution in [0.2, 0.25) is 0 Å². The van der Waals surface area contributed by atoms with Crippen LogP contribution in [0.1, 0.15) is 12.5 Å². The summed E-state index contributed by atoms with van der Waals surface area (Å²) in [6, 6.07) is 2.14. The predicted molar refractivity (Wildman–Crippen MR) is 67.9 cm³/mol. The highest BCUT2D eigenvalue weighted by molar-refractivity contribution is 7.07. The number of hydrogen-bond donors (Lipinski definition) is 1. The number of thiophene rings is 1. The summed E-state index contributed by atoms with van der Waals surface area (Å²) in [6.45, 7) is 5.69. The van der Waals surface area contributed by atoms with Crippen LogP contribution < -0.4 is 0 Å². The van der Waals surface area contributed by atoms with E-state index in [1.165, 1.54) is 12.5 Å². The molecule has 1 aliphatic rings. The molecule has 1 fully saturated rings. The predicted octanol–water partition coefficient (Wildman–Crippen LogP) is 0.773. The molecule has 1 aliphatic heterocycles. The summed E-state index contributed by atoms with van der Waals surface area (Å²) < 4.78 is 0. The second kappa shape index (κ2) is 5.62. The number of aliphatic hydroxyl groups is 1. The number of nitrogens with zero attached hydrogens (tertiary/aromatic N) is 2. The third kappa shape index (κ3) is 3.28. The van der Waals surface area contributed by atoms with E-state index in [4.69, 9.17) is 0 Å². The zero-order valence-corrected chi connectivity index (χ0v) is 10.8. The van der Waals surface area contributed by atoms with Crippen molar-refractivity contribution in [2.75, 3.05) is 26.2 Å². The van der Waals surface area contributed by atoms with Crippen LogP contribution in [0.4, 0.5) is 0 Å². The lowest BCUT2D eigenvalue weighted by Gasteiger charge is -2.35. The first-order chi connectivity index (χ1) is 8.16. The normalized spacial score (nSPS) is 19.3. The van der Waals surface area contributed by atoms with E-state index in [2.05, 4.69) is 21.7 Å². The van der Waals surface area contributed by atoms with E-state index in [1.807, 2.05) is 0 Å². The molecular formula is C12H18N2O2S. The van der Waals surface area contributed by atoms with Crippen molar-refractivity contribution in [1.29, 1.82) is 0 Å². The van der Waals surface area contributed by atoms with Crippen molar-refractivity contribution in [3.05, 3.63) is 22.4 Å². The summed E-state index contributed by atoms with van der Waals surface area (Å²) in [4.78, 5) is 15.7. The molecule has 0 saturated carbocycles. The highest BCUT2D eigenvalue weighted by atomic mass is 32.1. The fraction of sp³-hybridized carbons (Fsp3) is 0.583. The Kier molecular flexibility index (Phi) is 4.15. The summed E-state index contributed by atoms with van der Waals surface area (Å²) in [5.41, 5.74) is 1.34. The standard InChI is InChI=1S/C12H18N2O2S/c1-10(15)12(16)14-5-3-13(4-6-14)8-11-2-7-17-9-11/h2,7,9-10,15H,3-6,8H2,1H3. The Morgan fingerprint density at radius 3 is 2.71 bits per heavy atom. The van der Waals surface area contributed by atoms with E-state index in [0.717, 1.165) is 19.6 Å². The maximum atomic E-state index is 11.6. The maximum Gasteiger partial charge on any atom is 0.251 e. The minimum atomic E-state index is -0.876. The SMILES string of the molecule is CC(O)C(=O)N1CCN(Cc2ccsc2)CC1. The van der Waals surface area contributed by atoms with Crippen LogP contribution in [0.3, 0.4) is 0 Å². The molecule has 5 heteroatoms. The average molecular weight is 254 g/mol. The van der Waals surface area contributed by atoms with Gasteiger partial charge in [0.05, 0.1) is 0 Å². The van der Waals surface area contributed by atoms with Gasteiger partial charge in [0.25, 0.3) is 5.91 Å². The van der Waals surface area contributed by atoms with Crippen LogP contribution in [0, 0.1) is 0 Å². The van der Waals surface area contributed by atoms with Crippen molar-refractivity contribution >= 4 is 17.2 Å². The van der Waals surface area contributed by atoms with Gasteiger partial charge in [0.2, 0.25) is 0 Å². The Labute approximate surface area is 105 Å². The molecule has 2 rings (SSSR count). The van der Waals surface area contributed by atoms with Crippen molar-refractivity contribution < 1.29 is 9.90 Å². The number of aliphatic hydroxyl groups excluding tert-OH is 1. The van der Waals surface area contributed by atoms with Crippen LogP contribution in [0.25, 0.3) is 0 Å². The van der Waals surface area contributed by atoms with Gasteiger partial charge in [-0.2, -0.15) is 11.3 Å². The molecule has 1 N–H and O–H groups in total. The Bertz CT molecular complexity index is 357. The Balaban J connectivity index is 1.80. The molecule has 0 spiro atoms. The summed E-state index contributed by atoms with van der Waals surface area (Å²) >= 11 is 1.71. The number of rotatable bonds is 3. The highest BCUT2D eigenvalue weighted by Gasteiger charge is 2.23. The first kappa shape index (κ1) is 12.5. The molecule has 4 nitrogen and oxygen atoms in total. The van der Waals surface area contributed by atoms with Crippen LogP contribution in [-0.2, 0) is 11.3 Å². The number of amides is 1. The molecule has 1 saturated heterocycles. The van der Waals surface area contributed by atoms with E-state index in [1.54, 1.807) is 16.2 Å². The number of piperazine rings is 1. The fourth-order valence-corrected chi connectivity index (χ4v) is 2.69. The smallest absolute Gasteiger partial charge is 0.251 e. The summed E-state index contributed by atoms with van der Waals surface area (Å²) in [5, 5.41) is 13.5. The number of carbonyl (C=O) groups is 1. The molecule has 0 aliphatic carbocycles. The molecule has 17 heavy (non-hydrogen) atoms. The molecule has 94 valence electrons. The lowest BCUT2D eigenvalue weighted by Crippen LogP contribution is -2.50. The number of carbonyl (C=O) groups excluding carboxylic acids is 1. The highest BCUT2D eigenvalue weighted by Crippen LogP contribution is 2.12. The van der Waals surface area contributed by atoms with Gasteiger partial charge < -0.3 is 10.0 Å². The number of hydrogen-bond acceptors (Lipinski definition) is 4. The molecule has 2 heterocycles. The van der Waals surface area contributed by atoms with E-state index < -0.39 is 6.10 Å². The van der Waals surface area contributed by atoms with Gasteiger partial charge in [0.15, 0.2) is 0 Å². The lowest BCUT2D eigenvalue weighted by molar-refractivity contribution is -0.141. The van der Waals surface area contributed by atoms with Crippen LogP contribution in [0.5, 0.6) is 0 Å². The van der Waals surface area contributed by atoms with Crippen LogP contribution in [0.15, 0.2) is 16.8 Å². The largest absolute Gasteiger partial charge is 0.384 e. The summed E-state index contributed by atoms with van der Waals surface area (Å²) in [6.07, 6.45) is -0.876. The molecule has 1 aromatic heterocycles. The van der Waals surface area contributed by atoms with Gasteiger partial charge in [-0.15, -0.1) is 0 Å². The Morgan fingerprint density at radius 2 is 2.18 bits per heavy atom. The minimum Gasteiger partial charge on any atom is -0.384 e. The summed E-state index contributed by atoms with van der Waals surface area (Å²) in [5.74, 6) is -0.153. The van der Waals surface area contributed by atoms with Crippen LogP contribution in [-0.4, -0.2) is 53.1 Å². The topological polar surface area (TPSA) is 43.8 Å². The first-order valence-electron chi connectivity index (χ1n) is 5.87. The molecular weight excluding hydrogens is 236 g/mol. The molecule has 1 atom stereocenters. The van der Waals surface area contributed by atoms with E-state index in [9.17, 15) is 9.90 Å². The van der Waals surface area contributed by atoms with Crippen molar-refractivity contribution in [3.63, 3.8) is 0 Å². The maximum absolute atomic E-state index is 11.6. The first-order valence-corrected chi connectivity index (χ1v) is 6.81. The van der Waals surface area contributed by atoms with Crippen molar-refractivity contribution in [3.8, 4) is 0 Å². The van der Waals surface area contributed by atoms with Gasteiger partial charge in [-0.3, -0.25) is 9.69 Å². The van der Waals surface area contributed by atoms with Gasteiger partial charge >= 0.3 is 0 Å². The van der Waals surface area contributed by atoms with Crippen molar-refractivity contribution in [2.24, 2.45) is 0 Å². The second-order valence-electron chi connectivity index (χ2n) is 4.41. The van der Waals surface area contributed by atoms with Crippen LogP contribution >= 0.6 is 11.3 Å². The monoisotopic (exact) mass is 254 g/mol. The van der Waals surface area contributed by atoms with Gasteiger partial charge in [0, 0.05) is 32.7 Å². The third-order valence-corrected chi connectivity index (χ3v) is 3.76. The lowest BCUT2D eigenvalue weighted by atomic mass is 10.2. The Hall–Kier alpha value is -0.910. The van der Waals surface area contributed by atoms with E-state index in [-0.39, 0.29) is 5.91 Å². The van der Waals surface area contributed by atoms with E-state index in [0.29, 0.717) is 13.1 Å². The molecule has 0 bridgehead atoms. The zero-order chi connectivity index (χ0) is 12.3. The third-order valence-electron chi connectivity index (χ3n) is 3.03. The van der Waals surface area contributed by atoms with Gasteiger partial charge in [-0.1, -0.05) is 0 Å². The van der Waals surface area contributed by atoms with Gasteiger partial charge in [-0.25, -0.2) is 0 Å². The van der Waals surface area contributed by atoms with E-state index >= 15 is 0 Å². The second-order valence-corrected chi connectivity index (χ2v) is 5.19. The van der Waals surface area contributed by atoms with Crippen molar-refractivity contribution in [1.82, 2.24) is 9.80 Å². The molecule has 1 unspecified atom stereocenters. The molecule has 0 aromatic carbocycles.